The molecule has 0 aliphatic carbocycles. The van der Waals surface area contributed by atoms with Gasteiger partial charge in [-0.1, -0.05) is 13.8 Å². The van der Waals surface area contributed by atoms with E-state index in [0.29, 0.717) is 6.42 Å². The van der Waals surface area contributed by atoms with Crippen LogP contribution in [-0.2, 0) is 19.4 Å². The van der Waals surface area contributed by atoms with Crippen molar-refractivity contribution in [2.75, 3.05) is 11.5 Å². The molecule has 2 amide bonds. The third kappa shape index (κ3) is 7.73. The van der Waals surface area contributed by atoms with Crippen LogP contribution in [0.4, 0.5) is 0 Å². The first-order valence-electron chi connectivity index (χ1n) is 5.42. The second-order valence-corrected chi connectivity index (χ2v) is 6.80. The van der Waals surface area contributed by atoms with Gasteiger partial charge in [-0.25, -0.2) is 8.42 Å². The first-order chi connectivity index (χ1) is 7.64. The number of rotatable bonds is 8. The number of hydrogen-bond donors (Lipinski definition) is 2. The number of hydrogen-bond acceptors (Lipinski definition) is 4. The van der Waals surface area contributed by atoms with Gasteiger partial charge in [-0.05, 0) is 12.3 Å². The van der Waals surface area contributed by atoms with Crippen LogP contribution in [0.2, 0.25) is 0 Å². The van der Waals surface area contributed by atoms with E-state index in [1.807, 2.05) is 13.8 Å². The van der Waals surface area contributed by atoms with Crippen molar-refractivity contribution >= 4 is 21.7 Å². The zero-order valence-electron chi connectivity index (χ0n) is 10.2. The lowest BCUT2D eigenvalue weighted by molar-refractivity contribution is -0.126. The normalized spacial score (nSPS) is 13.6. The highest BCUT2D eigenvalue weighted by Gasteiger charge is 2.25. The van der Waals surface area contributed by atoms with Crippen LogP contribution in [-0.4, -0.2) is 31.7 Å². The fourth-order valence-electron chi connectivity index (χ4n) is 1.29. The number of sulfone groups is 1. The molecule has 0 spiro atoms. The Hall–Kier alpha value is -1.11. The van der Waals surface area contributed by atoms with Crippen molar-refractivity contribution in [3.63, 3.8) is 0 Å². The molecule has 1 atom stereocenters. The van der Waals surface area contributed by atoms with Crippen LogP contribution >= 0.6 is 0 Å². The number of carbonyl (C=O) groups excluding carboxylic acids is 2. The monoisotopic (exact) mass is 264 g/mol. The largest absolute Gasteiger partial charge is 0.370 e. The average molecular weight is 264 g/mol. The average Bonchev–Trinajstić information content (AvgIpc) is 2.12. The molecule has 0 radical (unpaired) electrons. The van der Waals surface area contributed by atoms with Crippen molar-refractivity contribution in [3.8, 4) is 0 Å². The van der Waals surface area contributed by atoms with Crippen LogP contribution in [0.15, 0.2) is 0 Å². The van der Waals surface area contributed by atoms with Gasteiger partial charge in [-0.2, -0.15) is 0 Å². The second kappa shape index (κ2) is 6.58. The molecule has 0 heterocycles. The van der Waals surface area contributed by atoms with Gasteiger partial charge in [0.2, 0.25) is 11.8 Å². The second-order valence-electron chi connectivity index (χ2n) is 4.57. The van der Waals surface area contributed by atoms with Gasteiger partial charge < -0.3 is 11.5 Å². The van der Waals surface area contributed by atoms with E-state index in [0.717, 1.165) is 0 Å². The van der Waals surface area contributed by atoms with Crippen LogP contribution in [0.25, 0.3) is 0 Å². The lowest BCUT2D eigenvalue weighted by Crippen LogP contribution is -2.34. The smallest absolute Gasteiger partial charge is 0.222 e. The molecule has 0 aromatic rings. The highest BCUT2D eigenvalue weighted by atomic mass is 32.2. The lowest BCUT2D eigenvalue weighted by atomic mass is 10.1. The maximum absolute atomic E-state index is 11.7. The van der Waals surface area contributed by atoms with Gasteiger partial charge in [0.05, 0.1) is 17.4 Å². The lowest BCUT2D eigenvalue weighted by Gasteiger charge is -2.12. The Balaban J connectivity index is 4.53. The molecule has 7 heteroatoms. The van der Waals surface area contributed by atoms with E-state index in [4.69, 9.17) is 11.5 Å². The van der Waals surface area contributed by atoms with Crippen molar-refractivity contribution in [2.24, 2.45) is 23.3 Å². The van der Waals surface area contributed by atoms with Crippen molar-refractivity contribution in [3.05, 3.63) is 0 Å². The Labute approximate surface area is 102 Å². The Morgan fingerprint density at radius 1 is 1.18 bits per heavy atom. The van der Waals surface area contributed by atoms with Gasteiger partial charge in [0, 0.05) is 6.42 Å². The molecule has 1 unspecified atom stereocenters. The van der Waals surface area contributed by atoms with E-state index >= 15 is 0 Å². The molecule has 0 saturated carbocycles. The summed E-state index contributed by atoms with van der Waals surface area (Å²) in [4.78, 5) is 21.7. The molecule has 0 fully saturated rings. The first kappa shape index (κ1) is 15.9. The molecule has 0 saturated heterocycles. The highest BCUT2D eigenvalue weighted by Crippen LogP contribution is 2.10. The minimum atomic E-state index is -3.38. The summed E-state index contributed by atoms with van der Waals surface area (Å²) in [5.41, 5.74) is 9.97. The fourth-order valence-corrected chi connectivity index (χ4v) is 3.18. The molecule has 0 aliphatic heterocycles. The van der Waals surface area contributed by atoms with Gasteiger partial charge in [0.25, 0.3) is 0 Å². The Morgan fingerprint density at radius 2 is 1.71 bits per heavy atom. The summed E-state index contributed by atoms with van der Waals surface area (Å²) in [7, 11) is -3.38. The molecular formula is C10H20N2O4S. The molecule has 0 rings (SSSR count). The summed E-state index contributed by atoms with van der Waals surface area (Å²) < 4.78 is 23.3. The molecule has 17 heavy (non-hydrogen) atoms. The Morgan fingerprint density at radius 3 is 2.06 bits per heavy atom. The van der Waals surface area contributed by atoms with Crippen molar-refractivity contribution < 1.29 is 18.0 Å². The molecule has 0 aliphatic rings. The van der Waals surface area contributed by atoms with Crippen molar-refractivity contribution in [2.45, 2.75) is 26.7 Å². The first-order valence-corrected chi connectivity index (χ1v) is 7.24. The van der Waals surface area contributed by atoms with E-state index in [2.05, 4.69) is 0 Å². The van der Waals surface area contributed by atoms with Gasteiger partial charge >= 0.3 is 0 Å². The molecule has 4 N–H and O–H groups in total. The van der Waals surface area contributed by atoms with Crippen LogP contribution in [0.5, 0.6) is 0 Å². The summed E-state index contributed by atoms with van der Waals surface area (Å²) in [5.74, 6) is -2.71. The highest BCUT2D eigenvalue weighted by molar-refractivity contribution is 7.91. The quantitative estimate of drug-likeness (QED) is 0.609. The zero-order valence-corrected chi connectivity index (χ0v) is 11.0. The molecular weight excluding hydrogens is 244 g/mol. The summed E-state index contributed by atoms with van der Waals surface area (Å²) >= 11 is 0. The van der Waals surface area contributed by atoms with Gasteiger partial charge in [0.15, 0.2) is 9.84 Å². The standard InChI is InChI=1S/C10H20N2O4S/c1-7(2)3-4-17(15,16)6-8(10(12)14)5-9(11)13/h7-8H,3-6H2,1-2H3,(H2,11,13)(H2,12,14). The van der Waals surface area contributed by atoms with Gasteiger partial charge in [0.1, 0.15) is 0 Å². The third-order valence-corrected chi connectivity index (χ3v) is 4.08. The van der Waals surface area contributed by atoms with E-state index < -0.39 is 33.3 Å². The van der Waals surface area contributed by atoms with Crippen LogP contribution in [0.1, 0.15) is 26.7 Å². The topological polar surface area (TPSA) is 120 Å². The Bertz CT molecular complexity index is 376. The summed E-state index contributed by atoms with van der Waals surface area (Å²) in [5, 5.41) is 0. The molecule has 0 aromatic heterocycles. The molecule has 6 nitrogen and oxygen atoms in total. The predicted molar refractivity (Wildman–Crippen MR) is 64.6 cm³/mol. The predicted octanol–water partition coefficient (Wildman–Crippen LogP) is -0.576. The minimum absolute atomic E-state index is 0.00674. The number of nitrogens with two attached hydrogens (primary N) is 2. The van der Waals surface area contributed by atoms with Gasteiger partial charge in [-0.3, -0.25) is 9.59 Å². The fraction of sp³-hybridized carbons (Fsp3) is 0.800. The van der Waals surface area contributed by atoms with Crippen LogP contribution < -0.4 is 11.5 Å². The zero-order chi connectivity index (χ0) is 13.6. The Kier molecular flexibility index (Phi) is 6.15. The number of carbonyl (C=O) groups is 2. The van der Waals surface area contributed by atoms with E-state index in [-0.39, 0.29) is 18.1 Å². The number of amides is 2. The molecule has 100 valence electrons. The van der Waals surface area contributed by atoms with Gasteiger partial charge in [-0.15, -0.1) is 0 Å². The molecule has 0 aromatic carbocycles. The molecule has 0 bridgehead atoms. The van der Waals surface area contributed by atoms with E-state index in [1.54, 1.807) is 0 Å². The number of primary amides is 2. The minimum Gasteiger partial charge on any atom is -0.370 e. The summed E-state index contributed by atoms with van der Waals surface area (Å²) in [6.45, 7) is 3.81. The summed E-state index contributed by atoms with van der Waals surface area (Å²) in [6, 6.07) is 0. The maximum atomic E-state index is 11.7. The summed E-state index contributed by atoms with van der Waals surface area (Å²) in [6.07, 6.45) is 0.195. The third-order valence-electron chi connectivity index (χ3n) is 2.31. The van der Waals surface area contributed by atoms with E-state index in [9.17, 15) is 18.0 Å². The maximum Gasteiger partial charge on any atom is 0.222 e. The SMILES string of the molecule is CC(C)CCS(=O)(=O)CC(CC(N)=O)C(N)=O. The van der Waals surface area contributed by atoms with E-state index in [1.165, 1.54) is 0 Å². The van der Waals surface area contributed by atoms with Crippen LogP contribution in [0, 0.1) is 11.8 Å². The van der Waals surface area contributed by atoms with Crippen molar-refractivity contribution in [1.29, 1.82) is 0 Å². The van der Waals surface area contributed by atoms with Crippen LogP contribution in [0.3, 0.4) is 0 Å². The van der Waals surface area contributed by atoms with Crippen molar-refractivity contribution in [1.82, 2.24) is 0 Å².